The highest BCUT2D eigenvalue weighted by molar-refractivity contribution is 6.30. The van der Waals surface area contributed by atoms with Crippen LogP contribution < -0.4 is 5.32 Å². The van der Waals surface area contributed by atoms with Crippen LogP contribution in [0.2, 0.25) is 5.02 Å². The van der Waals surface area contributed by atoms with Crippen LogP contribution in [0.1, 0.15) is 59.4 Å². The van der Waals surface area contributed by atoms with Crippen LogP contribution in [0.4, 0.5) is 0 Å². The summed E-state index contributed by atoms with van der Waals surface area (Å²) in [7, 11) is 0. The SMILES string of the molecule is C=CCn1nc(C(=O)N2CCCCCC2)c2c1CC[C@H](NCc1cccc(Cl)c1)C2. The molecule has 5 nitrogen and oxygen atoms in total. The molecule has 1 amide bonds. The van der Waals surface area contributed by atoms with Crippen LogP contribution in [0.15, 0.2) is 36.9 Å². The Morgan fingerprint density at radius 1 is 1.27 bits per heavy atom. The number of nitrogens with one attached hydrogen (secondary N) is 1. The molecule has 4 rings (SSSR count). The first kappa shape index (κ1) is 21.1. The topological polar surface area (TPSA) is 50.2 Å². The van der Waals surface area contributed by atoms with Crippen molar-refractivity contribution in [3.05, 3.63) is 64.5 Å². The Morgan fingerprint density at radius 2 is 2.07 bits per heavy atom. The highest BCUT2D eigenvalue weighted by Crippen LogP contribution is 2.27. The van der Waals surface area contributed by atoms with Gasteiger partial charge in [-0.3, -0.25) is 9.48 Å². The Hall–Kier alpha value is -2.11. The summed E-state index contributed by atoms with van der Waals surface area (Å²) in [5.41, 5.74) is 4.16. The third-order valence-electron chi connectivity index (χ3n) is 6.23. The van der Waals surface area contributed by atoms with E-state index in [0.717, 1.165) is 62.3 Å². The van der Waals surface area contributed by atoms with Crippen molar-refractivity contribution in [3.63, 3.8) is 0 Å². The van der Waals surface area contributed by atoms with Crippen LogP contribution in [0.25, 0.3) is 0 Å². The fourth-order valence-electron chi connectivity index (χ4n) is 4.64. The van der Waals surface area contributed by atoms with Crippen molar-refractivity contribution < 1.29 is 4.79 Å². The van der Waals surface area contributed by atoms with E-state index in [1.54, 1.807) is 0 Å². The second-order valence-electron chi connectivity index (χ2n) is 8.40. The minimum absolute atomic E-state index is 0.103. The Balaban J connectivity index is 1.52. The second-order valence-corrected chi connectivity index (χ2v) is 8.84. The largest absolute Gasteiger partial charge is 0.337 e. The number of hydrogen-bond donors (Lipinski definition) is 1. The van der Waals surface area contributed by atoms with Gasteiger partial charge in [-0.1, -0.05) is 42.7 Å². The maximum absolute atomic E-state index is 13.4. The first-order valence-corrected chi connectivity index (χ1v) is 11.5. The third kappa shape index (κ3) is 4.79. The zero-order chi connectivity index (χ0) is 20.9. The Bertz CT molecular complexity index is 899. The van der Waals surface area contributed by atoms with Crippen LogP contribution in [0.5, 0.6) is 0 Å². The normalized spacial score (nSPS) is 19.2. The van der Waals surface area contributed by atoms with E-state index in [0.29, 0.717) is 18.3 Å². The lowest BCUT2D eigenvalue weighted by Gasteiger charge is -2.25. The van der Waals surface area contributed by atoms with Crippen molar-refractivity contribution in [2.45, 2.75) is 64.1 Å². The van der Waals surface area contributed by atoms with Crippen molar-refractivity contribution in [3.8, 4) is 0 Å². The van der Waals surface area contributed by atoms with Crippen LogP contribution in [0, 0.1) is 0 Å². The van der Waals surface area contributed by atoms with Crippen molar-refractivity contribution in [1.82, 2.24) is 20.0 Å². The predicted molar refractivity (Wildman–Crippen MR) is 121 cm³/mol. The Labute approximate surface area is 184 Å². The number of benzene rings is 1. The maximum Gasteiger partial charge on any atom is 0.274 e. The predicted octanol–water partition coefficient (Wildman–Crippen LogP) is 4.39. The van der Waals surface area contributed by atoms with Gasteiger partial charge in [-0.05, 0) is 49.8 Å². The fraction of sp³-hybridized carbons (Fsp3) is 0.500. The zero-order valence-electron chi connectivity index (χ0n) is 17.6. The molecule has 2 heterocycles. The molecule has 2 aliphatic rings. The van der Waals surface area contributed by atoms with Gasteiger partial charge in [0.05, 0.1) is 6.54 Å². The number of nitrogens with zero attached hydrogens (tertiary/aromatic N) is 3. The van der Waals surface area contributed by atoms with Crippen LogP contribution in [-0.2, 0) is 25.9 Å². The molecule has 1 aromatic carbocycles. The molecule has 30 heavy (non-hydrogen) atoms. The maximum atomic E-state index is 13.4. The molecule has 1 saturated heterocycles. The number of fused-ring (bicyclic) bond motifs is 1. The van der Waals surface area contributed by atoms with Crippen LogP contribution in [0.3, 0.4) is 0 Å². The van der Waals surface area contributed by atoms with E-state index in [2.05, 4.69) is 18.0 Å². The first-order valence-electron chi connectivity index (χ1n) is 11.1. The van der Waals surface area contributed by atoms with E-state index in [1.165, 1.54) is 24.1 Å². The van der Waals surface area contributed by atoms with Gasteiger partial charge in [0.2, 0.25) is 0 Å². The lowest BCUT2D eigenvalue weighted by Crippen LogP contribution is -2.36. The molecule has 1 aliphatic heterocycles. The summed E-state index contributed by atoms with van der Waals surface area (Å²) in [5, 5.41) is 9.18. The molecule has 160 valence electrons. The minimum Gasteiger partial charge on any atom is -0.337 e. The van der Waals surface area contributed by atoms with Gasteiger partial charge in [0.15, 0.2) is 5.69 Å². The van der Waals surface area contributed by atoms with E-state index < -0.39 is 0 Å². The molecule has 1 aromatic heterocycles. The summed E-state index contributed by atoms with van der Waals surface area (Å²) >= 11 is 6.12. The summed E-state index contributed by atoms with van der Waals surface area (Å²) in [6, 6.07) is 8.29. The van der Waals surface area contributed by atoms with Gasteiger partial charge in [-0.25, -0.2) is 0 Å². The molecule has 1 fully saturated rings. The van der Waals surface area contributed by atoms with Crippen LogP contribution in [-0.4, -0.2) is 39.7 Å². The summed E-state index contributed by atoms with van der Waals surface area (Å²) in [6.45, 7) is 6.98. The molecule has 0 bridgehead atoms. The lowest BCUT2D eigenvalue weighted by atomic mass is 9.91. The number of halogens is 1. The van der Waals surface area contributed by atoms with E-state index in [-0.39, 0.29) is 5.91 Å². The number of rotatable bonds is 6. The van der Waals surface area contributed by atoms with Gasteiger partial charge in [0.25, 0.3) is 5.91 Å². The highest BCUT2D eigenvalue weighted by atomic mass is 35.5. The third-order valence-corrected chi connectivity index (χ3v) is 6.46. The number of amides is 1. The summed E-state index contributed by atoms with van der Waals surface area (Å²) < 4.78 is 1.99. The van der Waals surface area contributed by atoms with Crippen molar-refractivity contribution in [2.75, 3.05) is 13.1 Å². The number of likely N-dealkylation sites (tertiary alicyclic amines) is 1. The monoisotopic (exact) mass is 426 g/mol. The van der Waals surface area contributed by atoms with Crippen molar-refractivity contribution in [2.24, 2.45) is 0 Å². The van der Waals surface area contributed by atoms with E-state index in [9.17, 15) is 4.79 Å². The number of allylic oxidation sites excluding steroid dienone is 1. The summed E-state index contributed by atoms with van der Waals surface area (Å²) in [6.07, 6.45) is 9.25. The average Bonchev–Trinajstić information content (AvgIpc) is 2.92. The number of aromatic nitrogens is 2. The molecule has 0 saturated carbocycles. The molecule has 6 heteroatoms. The minimum atomic E-state index is 0.103. The van der Waals surface area contributed by atoms with Gasteiger partial charge in [-0.2, -0.15) is 5.10 Å². The van der Waals surface area contributed by atoms with Crippen LogP contribution >= 0.6 is 11.6 Å². The Morgan fingerprint density at radius 3 is 2.80 bits per heavy atom. The molecular weight excluding hydrogens is 396 g/mol. The van der Waals surface area contributed by atoms with Gasteiger partial charge in [0, 0.05) is 42.0 Å². The number of carbonyl (C=O) groups is 1. The van der Waals surface area contributed by atoms with Gasteiger partial charge < -0.3 is 10.2 Å². The molecule has 0 spiro atoms. The Kier molecular flexibility index (Phi) is 6.90. The molecule has 1 atom stereocenters. The first-order chi connectivity index (χ1) is 14.7. The molecule has 1 aliphatic carbocycles. The highest BCUT2D eigenvalue weighted by Gasteiger charge is 2.31. The van der Waals surface area contributed by atoms with Crippen molar-refractivity contribution in [1.29, 1.82) is 0 Å². The molecular formula is C24H31ClN4O. The quantitative estimate of drug-likeness (QED) is 0.697. The van der Waals surface area contributed by atoms with Gasteiger partial charge in [0.1, 0.15) is 0 Å². The number of hydrogen-bond acceptors (Lipinski definition) is 3. The average molecular weight is 427 g/mol. The number of carbonyl (C=O) groups excluding carboxylic acids is 1. The summed E-state index contributed by atoms with van der Waals surface area (Å²) in [4.78, 5) is 15.4. The molecule has 2 aromatic rings. The second kappa shape index (κ2) is 9.80. The van der Waals surface area contributed by atoms with Crippen molar-refractivity contribution >= 4 is 17.5 Å². The standard InChI is InChI=1S/C24H31ClN4O/c1-2-12-29-22-11-10-20(26-17-18-8-7-9-19(25)15-18)16-21(22)23(27-29)24(30)28-13-5-3-4-6-14-28/h2,7-9,15,20,26H,1,3-6,10-14,16-17H2/t20-/m0/s1. The smallest absolute Gasteiger partial charge is 0.274 e. The zero-order valence-corrected chi connectivity index (χ0v) is 18.3. The molecule has 0 radical (unpaired) electrons. The van der Waals surface area contributed by atoms with E-state index in [4.69, 9.17) is 16.7 Å². The molecule has 1 N–H and O–H groups in total. The molecule has 0 unspecified atom stereocenters. The van der Waals surface area contributed by atoms with E-state index >= 15 is 0 Å². The van der Waals surface area contributed by atoms with E-state index in [1.807, 2.05) is 33.9 Å². The van der Waals surface area contributed by atoms with Gasteiger partial charge >= 0.3 is 0 Å². The lowest BCUT2D eigenvalue weighted by molar-refractivity contribution is 0.0753. The summed E-state index contributed by atoms with van der Waals surface area (Å²) in [5.74, 6) is 0.103. The van der Waals surface area contributed by atoms with Gasteiger partial charge in [-0.15, -0.1) is 6.58 Å². The fourth-order valence-corrected chi connectivity index (χ4v) is 4.85.